The number of nitrogens with two attached hydrogens (primary N) is 1. The third kappa shape index (κ3) is 2.91. The third-order valence-corrected chi connectivity index (χ3v) is 4.51. The second-order valence-corrected chi connectivity index (χ2v) is 5.99. The zero-order chi connectivity index (χ0) is 15.5. The summed E-state index contributed by atoms with van der Waals surface area (Å²) in [5.41, 5.74) is 3.09. The Morgan fingerprint density at radius 1 is 1.24 bits per heavy atom. The number of hydrogen-bond donors (Lipinski definition) is 2. The molecule has 0 unspecified atom stereocenters. The summed E-state index contributed by atoms with van der Waals surface area (Å²) in [7, 11) is -2.37. The number of hydrogen-bond acceptors (Lipinski definition) is 7. The zero-order valence-corrected chi connectivity index (χ0v) is 11.9. The van der Waals surface area contributed by atoms with E-state index in [1.807, 2.05) is 6.07 Å². The Kier molecular flexibility index (Phi) is 4.02. The molecule has 0 amide bonds. The summed E-state index contributed by atoms with van der Waals surface area (Å²) < 4.78 is 25.9. The highest BCUT2D eigenvalue weighted by molar-refractivity contribution is 7.92. The van der Waals surface area contributed by atoms with E-state index < -0.39 is 10.0 Å². The number of nitrogen functional groups attached to an aromatic ring is 1. The molecule has 9 heteroatoms. The number of rotatable bonds is 4. The highest BCUT2D eigenvalue weighted by Crippen LogP contribution is 2.21. The minimum Gasteiger partial charge on any atom is -0.292 e. The topological polar surface area (TPSA) is 125 Å². The Balaban J connectivity index is 2.34. The number of sulfonamides is 1. The summed E-state index contributed by atoms with van der Waals surface area (Å²) >= 11 is 0. The van der Waals surface area contributed by atoms with Crippen molar-refractivity contribution in [3.8, 4) is 6.07 Å². The van der Waals surface area contributed by atoms with Crippen LogP contribution >= 0.6 is 0 Å². The normalized spacial score (nSPS) is 10.7. The van der Waals surface area contributed by atoms with E-state index in [1.54, 1.807) is 24.3 Å². The van der Waals surface area contributed by atoms with Gasteiger partial charge >= 0.3 is 0 Å². The molecule has 0 fully saturated rings. The molecule has 2 rings (SSSR count). The molecule has 0 atom stereocenters. The molecule has 108 valence electrons. The van der Waals surface area contributed by atoms with Gasteiger partial charge in [0, 0.05) is 7.05 Å². The second-order valence-electron chi connectivity index (χ2n) is 4.02. The first-order valence-corrected chi connectivity index (χ1v) is 7.21. The predicted octanol–water partition coefficient (Wildman–Crippen LogP) is 0.459. The average molecular weight is 304 g/mol. The van der Waals surface area contributed by atoms with Crippen molar-refractivity contribution < 1.29 is 8.42 Å². The van der Waals surface area contributed by atoms with Crippen molar-refractivity contribution >= 4 is 21.7 Å². The lowest BCUT2D eigenvalue weighted by Gasteiger charge is -2.19. The van der Waals surface area contributed by atoms with E-state index >= 15 is 0 Å². The number of benzene rings is 1. The fraction of sp³-hybridized carbons (Fsp3) is 0.0833. The maximum absolute atomic E-state index is 12.4. The van der Waals surface area contributed by atoms with Gasteiger partial charge in [-0.2, -0.15) is 5.26 Å². The van der Waals surface area contributed by atoms with Crippen molar-refractivity contribution in [3.63, 3.8) is 0 Å². The first-order valence-electron chi connectivity index (χ1n) is 5.77. The van der Waals surface area contributed by atoms with Crippen LogP contribution in [0.2, 0.25) is 0 Å². The van der Waals surface area contributed by atoms with Gasteiger partial charge in [0.1, 0.15) is 4.90 Å². The smallest absolute Gasteiger partial charge is 0.267 e. The van der Waals surface area contributed by atoms with Crippen LogP contribution in [0.5, 0.6) is 0 Å². The van der Waals surface area contributed by atoms with Gasteiger partial charge in [-0.25, -0.2) is 24.2 Å². The first-order chi connectivity index (χ1) is 9.98. The minimum absolute atomic E-state index is 0.0617. The fourth-order valence-corrected chi connectivity index (χ4v) is 2.65. The molecule has 8 nitrogen and oxygen atoms in total. The van der Waals surface area contributed by atoms with Gasteiger partial charge in [0.2, 0.25) is 5.95 Å². The van der Waals surface area contributed by atoms with Gasteiger partial charge in [-0.15, -0.1) is 0 Å². The molecule has 0 aliphatic heterocycles. The Hall–Kier alpha value is -2.70. The molecule has 1 aromatic heterocycles. The van der Waals surface area contributed by atoms with E-state index in [1.165, 1.54) is 7.05 Å². The molecule has 1 heterocycles. The largest absolute Gasteiger partial charge is 0.292 e. The van der Waals surface area contributed by atoms with E-state index in [9.17, 15) is 8.42 Å². The van der Waals surface area contributed by atoms with E-state index in [2.05, 4.69) is 15.4 Å². The van der Waals surface area contributed by atoms with Gasteiger partial charge in [-0.1, -0.05) is 0 Å². The predicted molar refractivity (Wildman–Crippen MR) is 76.6 cm³/mol. The van der Waals surface area contributed by atoms with Crippen LogP contribution in [-0.4, -0.2) is 25.4 Å². The summed E-state index contributed by atoms with van der Waals surface area (Å²) in [4.78, 5) is 7.48. The molecule has 0 aliphatic rings. The molecule has 2 aromatic rings. The van der Waals surface area contributed by atoms with Crippen molar-refractivity contribution in [2.45, 2.75) is 4.90 Å². The molecule has 1 aromatic carbocycles. The van der Waals surface area contributed by atoms with Gasteiger partial charge in [0.25, 0.3) is 10.0 Å². The molecule has 0 bridgehead atoms. The highest BCUT2D eigenvalue weighted by Gasteiger charge is 2.22. The number of nitrogens with zero attached hydrogens (tertiary/aromatic N) is 4. The van der Waals surface area contributed by atoms with Crippen LogP contribution in [0, 0.1) is 11.3 Å². The number of nitriles is 1. The summed E-state index contributed by atoms with van der Waals surface area (Å²) in [6, 6.07) is 8.15. The lowest BCUT2D eigenvalue weighted by molar-refractivity contribution is 0.593. The van der Waals surface area contributed by atoms with Crippen molar-refractivity contribution in [3.05, 3.63) is 42.2 Å². The molecule has 3 N–H and O–H groups in total. The summed E-state index contributed by atoms with van der Waals surface area (Å²) in [6.45, 7) is 0. The molecular weight excluding hydrogens is 292 g/mol. The highest BCUT2D eigenvalue weighted by atomic mass is 32.2. The van der Waals surface area contributed by atoms with Crippen LogP contribution in [0.25, 0.3) is 0 Å². The molecule has 0 aliphatic carbocycles. The van der Waals surface area contributed by atoms with Crippen molar-refractivity contribution in [2.24, 2.45) is 5.84 Å². The summed E-state index contributed by atoms with van der Waals surface area (Å²) in [5.74, 6) is 5.25. The number of aromatic nitrogens is 2. The Bertz CT molecular complexity index is 765. The SMILES string of the molecule is CN(c1ccc(C#N)cc1)S(=O)(=O)c1cnc(NN)nc1. The standard InChI is InChI=1S/C12H12N6O2S/c1-18(10-4-2-9(6-13)3-5-10)21(19,20)11-7-15-12(17-14)16-8-11/h2-5,7-8H,14H2,1H3,(H,15,16,17). The second kappa shape index (κ2) is 5.74. The molecule has 0 radical (unpaired) electrons. The molecular formula is C12H12N6O2S. The fourth-order valence-electron chi connectivity index (χ4n) is 1.57. The Morgan fingerprint density at radius 3 is 2.29 bits per heavy atom. The molecule has 0 saturated carbocycles. The van der Waals surface area contributed by atoms with Gasteiger partial charge < -0.3 is 0 Å². The van der Waals surface area contributed by atoms with E-state index in [0.29, 0.717) is 11.3 Å². The maximum Gasteiger partial charge on any atom is 0.267 e. The van der Waals surface area contributed by atoms with Gasteiger partial charge in [-0.3, -0.25) is 9.73 Å². The van der Waals surface area contributed by atoms with Crippen molar-refractivity contribution in [2.75, 3.05) is 16.8 Å². The number of anilines is 2. The Labute approximate surface area is 121 Å². The van der Waals surface area contributed by atoms with Crippen LogP contribution in [0.4, 0.5) is 11.6 Å². The van der Waals surface area contributed by atoms with Crippen LogP contribution < -0.4 is 15.6 Å². The van der Waals surface area contributed by atoms with Crippen molar-refractivity contribution in [1.29, 1.82) is 5.26 Å². The van der Waals surface area contributed by atoms with Gasteiger partial charge in [-0.05, 0) is 24.3 Å². The Morgan fingerprint density at radius 2 is 1.81 bits per heavy atom. The van der Waals surface area contributed by atoms with Crippen LogP contribution in [-0.2, 0) is 10.0 Å². The van der Waals surface area contributed by atoms with E-state index in [0.717, 1.165) is 16.7 Å². The molecule has 0 spiro atoms. The quantitative estimate of drug-likeness (QED) is 0.620. The number of hydrazine groups is 1. The third-order valence-electron chi connectivity index (χ3n) is 2.78. The number of nitrogens with one attached hydrogen (secondary N) is 1. The first kappa shape index (κ1) is 14.7. The van der Waals surface area contributed by atoms with E-state index in [-0.39, 0.29) is 10.8 Å². The minimum atomic E-state index is -3.78. The van der Waals surface area contributed by atoms with Crippen LogP contribution in [0.15, 0.2) is 41.6 Å². The summed E-state index contributed by atoms with van der Waals surface area (Å²) in [6.07, 6.45) is 2.33. The molecule has 21 heavy (non-hydrogen) atoms. The maximum atomic E-state index is 12.4. The van der Waals surface area contributed by atoms with E-state index in [4.69, 9.17) is 11.1 Å². The lowest BCUT2D eigenvalue weighted by atomic mass is 10.2. The summed E-state index contributed by atoms with van der Waals surface area (Å²) in [5, 5.41) is 8.74. The zero-order valence-electron chi connectivity index (χ0n) is 11.1. The van der Waals surface area contributed by atoms with Crippen molar-refractivity contribution in [1.82, 2.24) is 9.97 Å². The average Bonchev–Trinajstić information content (AvgIpc) is 2.54. The van der Waals surface area contributed by atoms with Gasteiger partial charge in [0.15, 0.2) is 0 Å². The molecule has 0 saturated heterocycles. The lowest BCUT2D eigenvalue weighted by Crippen LogP contribution is -2.27. The monoisotopic (exact) mass is 304 g/mol. The van der Waals surface area contributed by atoms with Crippen LogP contribution in [0.1, 0.15) is 5.56 Å². The van der Waals surface area contributed by atoms with Gasteiger partial charge in [0.05, 0.1) is 29.7 Å². The van der Waals surface area contributed by atoms with Crippen LogP contribution in [0.3, 0.4) is 0 Å².